The first-order chi connectivity index (χ1) is 8.93. The van der Waals surface area contributed by atoms with Gasteiger partial charge < -0.3 is 4.74 Å². The lowest BCUT2D eigenvalue weighted by Crippen LogP contribution is -2.13. The Hall–Kier alpha value is -1.96. The molecule has 1 unspecified atom stereocenters. The Morgan fingerprint density at radius 1 is 1.32 bits per heavy atom. The second kappa shape index (κ2) is 6.83. The van der Waals surface area contributed by atoms with E-state index in [9.17, 15) is 13.6 Å². The van der Waals surface area contributed by atoms with Crippen molar-refractivity contribution in [1.29, 1.82) is 5.26 Å². The highest BCUT2D eigenvalue weighted by atomic mass is 19.3. The quantitative estimate of drug-likeness (QED) is 0.792. The molecule has 0 fully saturated rings. The Balaban J connectivity index is 2.83. The average molecular weight is 267 g/mol. The summed E-state index contributed by atoms with van der Waals surface area (Å²) in [5.41, 5.74) is 0.495. The van der Waals surface area contributed by atoms with E-state index in [-0.39, 0.29) is 17.5 Å². The van der Waals surface area contributed by atoms with E-state index in [1.54, 1.807) is 0 Å². The maximum absolute atomic E-state index is 12.0. The molecule has 0 aliphatic carbocycles. The molecule has 19 heavy (non-hydrogen) atoms. The highest BCUT2D eigenvalue weighted by Crippen LogP contribution is 2.23. The van der Waals surface area contributed by atoms with Crippen LogP contribution in [0.2, 0.25) is 0 Å². The third-order valence-corrected chi connectivity index (χ3v) is 2.50. The monoisotopic (exact) mass is 267 g/mol. The van der Waals surface area contributed by atoms with Crippen molar-refractivity contribution < 1.29 is 18.3 Å². The van der Waals surface area contributed by atoms with Crippen LogP contribution in [0.5, 0.6) is 5.75 Å². The van der Waals surface area contributed by atoms with E-state index in [0.29, 0.717) is 12.0 Å². The van der Waals surface area contributed by atoms with Crippen LogP contribution in [0.15, 0.2) is 24.3 Å². The zero-order valence-corrected chi connectivity index (χ0v) is 10.8. The molecule has 0 heterocycles. The Morgan fingerprint density at radius 3 is 2.32 bits per heavy atom. The van der Waals surface area contributed by atoms with Crippen LogP contribution in [0.1, 0.15) is 31.7 Å². The fraction of sp³-hybridized carbons (Fsp3) is 0.429. The van der Waals surface area contributed by atoms with Crippen LogP contribution in [0.3, 0.4) is 0 Å². The number of nitriles is 1. The molecule has 0 saturated heterocycles. The summed E-state index contributed by atoms with van der Waals surface area (Å²) in [7, 11) is 0. The number of ketones is 1. The number of halogens is 2. The minimum Gasteiger partial charge on any atom is -0.435 e. The second-order valence-corrected chi connectivity index (χ2v) is 4.57. The highest BCUT2D eigenvalue weighted by molar-refractivity contribution is 5.88. The van der Waals surface area contributed by atoms with Gasteiger partial charge in [0.15, 0.2) is 5.78 Å². The average Bonchev–Trinajstić information content (AvgIpc) is 2.30. The summed E-state index contributed by atoms with van der Waals surface area (Å²) in [4.78, 5) is 11.9. The van der Waals surface area contributed by atoms with E-state index >= 15 is 0 Å². The fourth-order valence-electron chi connectivity index (χ4n) is 1.69. The van der Waals surface area contributed by atoms with Crippen molar-refractivity contribution in [3.8, 4) is 11.8 Å². The third-order valence-electron chi connectivity index (χ3n) is 2.50. The van der Waals surface area contributed by atoms with Gasteiger partial charge in [-0.25, -0.2) is 0 Å². The summed E-state index contributed by atoms with van der Waals surface area (Å²) in [5, 5.41) is 9.06. The lowest BCUT2D eigenvalue weighted by atomic mass is 9.91. The summed E-state index contributed by atoms with van der Waals surface area (Å²) in [6, 6.07) is 7.53. The Morgan fingerprint density at radius 2 is 1.89 bits per heavy atom. The molecule has 5 heteroatoms. The van der Waals surface area contributed by atoms with Gasteiger partial charge in [0, 0.05) is 6.42 Å². The molecule has 0 bridgehead atoms. The van der Waals surface area contributed by atoms with Crippen LogP contribution in [-0.2, 0) is 4.79 Å². The molecule has 0 spiro atoms. The third kappa shape index (κ3) is 4.66. The molecule has 0 saturated carbocycles. The predicted octanol–water partition coefficient (Wildman–Crippen LogP) is 3.51. The number of alkyl halides is 2. The van der Waals surface area contributed by atoms with Crippen LogP contribution in [0, 0.1) is 17.2 Å². The van der Waals surface area contributed by atoms with Crippen LogP contribution in [0.25, 0.3) is 0 Å². The van der Waals surface area contributed by atoms with E-state index in [1.807, 2.05) is 19.9 Å². The molecule has 1 aromatic carbocycles. The molecule has 102 valence electrons. The van der Waals surface area contributed by atoms with E-state index in [1.165, 1.54) is 24.3 Å². The maximum Gasteiger partial charge on any atom is 0.387 e. The van der Waals surface area contributed by atoms with Gasteiger partial charge in [0.1, 0.15) is 11.7 Å². The normalized spacial score (nSPS) is 12.3. The molecular weight excluding hydrogens is 252 g/mol. The molecule has 1 atom stereocenters. The summed E-state index contributed by atoms with van der Waals surface area (Å²) in [5.74, 6) is -0.848. The Bertz CT molecular complexity index is 463. The number of carbonyl (C=O) groups is 1. The summed E-state index contributed by atoms with van der Waals surface area (Å²) in [6.45, 7) is 0.901. The lowest BCUT2D eigenvalue weighted by molar-refractivity contribution is -0.120. The van der Waals surface area contributed by atoms with Crippen LogP contribution < -0.4 is 4.74 Å². The maximum atomic E-state index is 12.0. The SMILES string of the molecule is CC(C)CC(=O)C(C#N)c1ccc(OC(F)F)cc1. The smallest absolute Gasteiger partial charge is 0.387 e. The first kappa shape index (κ1) is 15.1. The number of ether oxygens (including phenoxy) is 1. The van der Waals surface area contributed by atoms with Gasteiger partial charge in [-0.05, 0) is 23.6 Å². The highest BCUT2D eigenvalue weighted by Gasteiger charge is 2.20. The number of carbonyl (C=O) groups excluding carboxylic acids is 1. The number of nitrogens with zero attached hydrogens (tertiary/aromatic N) is 1. The van der Waals surface area contributed by atoms with Crippen molar-refractivity contribution in [2.75, 3.05) is 0 Å². The minimum absolute atomic E-state index is 0.00625. The van der Waals surface area contributed by atoms with E-state index < -0.39 is 12.5 Å². The fourth-order valence-corrected chi connectivity index (χ4v) is 1.69. The molecule has 0 aliphatic heterocycles. The molecule has 1 aromatic rings. The molecule has 0 N–H and O–H groups in total. The van der Waals surface area contributed by atoms with Crippen molar-refractivity contribution in [2.45, 2.75) is 32.8 Å². The van der Waals surface area contributed by atoms with Gasteiger partial charge in [0.05, 0.1) is 6.07 Å². The predicted molar refractivity (Wildman–Crippen MR) is 65.9 cm³/mol. The summed E-state index contributed by atoms with van der Waals surface area (Å²) in [6.07, 6.45) is 0.313. The molecular formula is C14H15F2NO2. The van der Waals surface area contributed by atoms with E-state index in [0.717, 1.165) is 0 Å². The van der Waals surface area contributed by atoms with Gasteiger partial charge in [-0.3, -0.25) is 4.79 Å². The van der Waals surface area contributed by atoms with Gasteiger partial charge in [-0.1, -0.05) is 26.0 Å². The van der Waals surface area contributed by atoms with Crippen molar-refractivity contribution >= 4 is 5.78 Å². The molecule has 1 rings (SSSR count). The van der Waals surface area contributed by atoms with Gasteiger partial charge in [0.2, 0.25) is 0 Å². The van der Waals surface area contributed by atoms with Crippen molar-refractivity contribution in [3.05, 3.63) is 29.8 Å². The number of Topliss-reactive ketones (excluding diaryl/α,β-unsaturated/α-hetero) is 1. The molecule has 0 aromatic heterocycles. The van der Waals surface area contributed by atoms with Crippen molar-refractivity contribution in [2.24, 2.45) is 5.92 Å². The largest absolute Gasteiger partial charge is 0.435 e. The van der Waals surface area contributed by atoms with E-state index in [2.05, 4.69) is 4.74 Å². The minimum atomic E-state index is -2.89. The number of hydrogen-bond acceptors (Lipinski definition) is 3. The van der Waals surface area contributed by atoms with Crippen LogP contribution in [0.4, 0.5) is 8.78 Å². The Labute approximate surface area is 110 Å². The lowest BCUT2D eigenvalue weighted by Gasteiger charge is -2.11. The second-order valence-electron chi connectivity index (χ2n) is 4.57. The number of benzene rings is 1. The van der Waals surface area contributed by atoms with Gasteiger partial charge in [0.25, 0.3) is 0 Å². The molecule has 0 amide bonds. The van der Waals surface area contributed by atoms with E-state index in [4.69, 9.17) is 5.26 Å². The standard InChI is InChI=1S/C14H15F2NO2/c1-9(2)7-13(18)12(8-17)10-3-5-11(6-4-10)19-14(15)16/h3-6,9,12,14H,7H2,1-2H3. The first-order valence-electron chi connectivity index (χ1n) is 5.91. The summed E-state index contributed by atoms with van der Waals surface area (Å²) < 4.78 is 28.2. The van der Waals surface area contributed by atoms with Gasteiger partial charge in [-0.2, -0.15) is 14.0 Å². The summed E-state index contributed by atoms with van der Waals surface area (Å²) >= 11 is 0. The first-order valence-corrected chi connectivity index (χ1v) is 5.91. The molecule has 3 nitrogen and oxygen atoms in total. The van der Waals surface area contributed by atoms with Gasteiger partial charge in [-0.15, -0.1) is 0 Å². The zero-order valence-electron chi connectivity index (χ0n) is 10.8. The Kier molecular flexibility index (Phi) is 5.43. The van der Waals surface area contributed by atoms with Crippen molar-refractivity contribution in [3.63, 3.8) is 0 Å². The topological polar surface area (TPSA) is 50.1 Å². The van der Waals surface area contributed by atoms with Crippen LogP contribution in [-0.4, -0.2) is 12.4 Å². The van der Waals surface area contributed by atoms with Crippen molar-refractivity contribution in [1.82, 2.24) is 0 Å². The number of hydrogen-bond donors (Lipinski definition) is 0. The van der Waals surface area contributed by atoms with Gasteiger partial charge >= 0.3 is 6.61 Å². The molecule has 0 aliphatic rings. The molecule has 0 radical (unpaired) electrons. The number of rotatable bonds is 6. The zero-order chi connectivity index (χ0) is 14.4. The van der Waals surface area contributed by atoms with Crippen LogP contribution >= 0.6 is 0 Å².